The van der Waals surface area contributed by atoms with Crippen molar-refractivity contribution in [1.82, 2.24) is 0 Å². The fourth-order valence-corrected chi connectivity index (χ4v) is 6.60. The number of hydrogen-bond donors (Lipinski definition) is 1. The van der Waals surface area contributed by atoms with Crippen LogP contribution in [0.4, 0.5) is 0 Å². The van der Waals surface area contributed by atoms with Crippen LogP contribution in [0.1, 0.15) is 73.7 Å². The average Bonchev–Trinajstić information content (AvgIpc) is 3.08. The Hall–Kier alpha value is -2.03. The van der Waals surface area contributed by atoms with Crippen molar-refractivity contribution in [3.8, 4) is 0 Å². The van der Waals surface area contributed by atoms with E-state index in [4.69, 9.17) is 4.74 Å². The lowest BCUT2D eigenvalue weighted by atomic mass is 9.54. The van der Waals surface area contributed by atoms with E-state index in [9.17, 15) is 9.90 Å². The van der Waals surface area contributed by atoms with Crippen molar-refractivity contribution in [2.45, 2.75) is 57.8 Å². The summed E-state index contributed by atoms with van der Waals surface area (Å²) in [5.74, 6) is 1.09. The molecule has 2 saturated carbocycles. The number of carboxylic acid groups (broad SMARTS) is 1. The molecule has 3 nitrogen and oxygen atoms in total. The first-order chi connectivity index (χ1) is 13.1. The number of ether oxygens (including phenoxy) is 1. The lowest BCUT2D eigenvalue weighted by Gasteiger charge is -2.51. The Balaban J connectivity index is 1.63. The van der Waals surface area contributed by atoms with Crippen molar-refractivity contribution in [3.63, 3.8) is 0 Å². The fourth-order valence-electron chi connectivity index (χ4n) is 6.60. The first kappa shape index (κ1) is 17.1. The summed E-state index contributed by atoms with van der Waals surface area (Å²) in [5, 5.41) is 9.26. The molecule has 0 saturated heterocycles. The smallest absolute Gasteiger partial charge is 0.335 e. The highest BCUT2D eigenvalue weighted by Crippen LogP contribution is 2.63. The molecule has 3 heteroatoms. The van der Waals surface area contributed by atoms with Crippen LogP contribution in [0, 0.1) is 17.3 Å². The van der Waals surface area contributed by atoms with Crippen molar-refractivity contribution in [1.29, 1.82) is 0 Å². The molecular formula is C24H28O3. The summed E-state index contributed by atoms with van der Waals surface area (Å²) in [6, 6.07) is 7.69. The first-order valence-corrected chi connectivity index (χ1v) is 10.4. The molecule has 1 aliphatic heterocycles. The van der Waals surface area contributed by atoms with Gasteiger partial charge in [-0.2, -0.15) is 0 Å². The Morgan fingerprint density at radius 1 is 1.19 bits per heavy atom. The van der Waals surface area contributed by atoms with Crippen molar-refractivity contribution in [2.24, 2.45) is 17.3 Å². The van der Waals surface area contributed by atoms with Gasteiger partial charge in [-0.3, -0.25) is 0 Å². The van der Waals surface area contributed by atoms with Gasteiger partial charge in [-0.15, -0.1) is 0 Å². The summed E-state index contributed by atoms with van der Waals surface area (Å²) < 4.78 is 5.65. The van der Waals surface area contributed by atoms with Crippen LogP contribution >= 0.6 is 0 Å². The van der Waals surface area contributed by atoms with Gasteiger partial charge in [0.05, 0.1) is 18.4 Å². The molecule has 1 N–H and O–H groups in total. The van der Waals surface area contributed by atoms with Crippen LogP contribution in [-0.2, 0) is 4.74 Å². The van der Waals surface area contributed by atoms with E-state index in [0.29, 0.717) is 22.8 Å². The van der Waals surface area contributed by atoms with E-state index < -0.39 is 5.97 Å². The number of allylic oxidation sites excluding steroid dienone is 2. The molecule has 0 spiro atoms. The van der Waals surface area contributed by atoms with Crippen molar-refractivity contribution >= 4 is 5.97 Å². The number of carboxylic acids is 1. The molecule has 4 aliphatic rings. The van der Waals surface area contributed by atoms with Gasteiger partial charge in [-0.1, -0.05) is 31.1 Å². The molecule has 1 heterocycles. The summed E-state index contributed by atoms with van der Waals surface area (Å²) in [5.41, 5.74) is 6.76. The van der Waals surface area contributed by atoms with Crippen LogP contribution in [0.2, 0.25) is 0 Å². The highest BCUT2D eigenvalue weighted by molar-refractivity contribution is 5.87. The van der Waals surface area contributed by atoms with E-state index in [2.05, 4.69) is 19.1 Å². The van der Waals surface area contributed by atoms with Crippen LogP contribution in [0.3, 0.4) is 0 Å². The quantitative estimate of drug-likeness (QED) is 0.733. The standard InChI is InChI=1S/C24H28O3/c1-24-11-2-3-21(24)19-9-8-17-14-27-12-10-18(17)22(19)20(13-24)15-4-6-16(7-5-15)23(25)26/h4-7,14,19-21H,2-3,8-13H2,1H3,(H,25,26)/t19?,20-,21?,24+/m1/s1. The Bertz CT molecular complexity index is 832. The van der Waals surface area contributed by atoms with E-state index in [1.54, 1.807) is 23.3 Å². The summed E-state index contributed by atoms with van der Waals surface area (Å²) in [7, 11) is 0. The first-order valence-electron chi connectivity index (χ1n) is 10.4. The largest absolute Gasteiger partial charge is 0.501 e. The van der Waals surface area contributed by atoms with E-state index >= 15 is 0 Å². The van der Waals surface area contributed by atoms with E-state index in [1.165, 1.54) is 43.2 Å². The Morgan fingerprint density at radius 3 is 2.78 bits per heavy atom. The topological polar surface area (TPSA) is 46.5 Å². The number of benzene rings is 1. The molecule has 27 heavy (non-hydrogen) atoms. The number of rotatable bonds is 2. The molecule has 1 aromatic carbocycles. The summed E-state index contributed by atoms with van der Waals surface area (Å²) in [6.07, 6.45) is 10.7. The highest BCUT2D eigenvalue weighted by atomic mass is 16.5. The van der Waals surface area contributed by atoms with Gasteiger partial charge in [-0.05, 0) is 78.2 Å². The van der Waals surface area contributed by atoms with E-state index in [0.717, 1.165) is 25.4 Å². The molecule has 2 unspecified atom stereocenters. The van der Waals surface area contributed by atoms with Gasteiger partial charge in [0.1, 0.15) is 0 Å². The number of aromatic carboxylic acids is 1. The zero-order valence-corrected chi connectivity index (χ0v) is 16.0. The second-order valence-electron chi connectivity index (χ2n) is 9.18. The minimum Gasteiger partial charge on any atom is -0.501 e. The maximum atomic E-state index is 11.3. The molecule has 3 aliphatic carbocycles. The van der Waals surface area contributed by atoms with E-state index in [-0.39, 0.29) is 0 Å². The number of hydrogen-bond acceptors (Lipinski definition) is 2. The third kappa shape index (κ3) is 2.66. The van der Waals surface area contributed by atoms with Crippen LogP contribution in [0.15, 0.2) is 47.2 Å². The summed E-state index contributed by atoms with van der Waals surface area (Å²) >= 11 is 0. The molecular weight excluding hydrogens is 336 g/mol. The fraction of sp³-hybridized carbons (Fsp3) is 0.542. The van der Waals surface area contributed by atoms with Crippen LogP contribution in [0.5, 0.6) is 0 Å². The monoisotopic (exact) mass is 364 g/mol. The molecule has 0 bridgehead atoms. The summed E-state index contributed by atoms with van der Waals surface area (Å²) in [6.45, 7) is 3.31. The van der Waals surface area contributed by atoms with Gasteiger partial charge in [0.25, 0.3) is 0 Å². The van der Waals surface area contributed by atoms with Crippen LogP contribution in [0.25, 0.3) is 0 Å². The van der Waals surface area contributed by atoms with Crippen molar-refractivity contribution < 1.29 is 14.6 Å². The Labute approximate surface area is 161 Å². The second kappa shape index (κ2) is 6.25. The number of carbonyl (C=O) groups is 1. The SMILES string of the molecule is C[C@@]12CCCC1C1CCC3=COCCC3=C1[C@@H](c1ccc(C(=O)O)cc1)C2. The average molecular weight is 364 g/mol. The highest BCUT2D eigenvalue weighted by Gasteiger charge is 2.52. The maximum absolute atomic E-state index is 11.3. The minimum atomic E-state index is -0.847. The van der Waals surface area contributed by atoms with Crippen LogP contribution in [-0.4, -0.2) is 17.7 Å². The molecule has 5 rings (SSSR count). The van der Waals surface area contributed by atoms with E-state index in [1.807, 2.05) is 6.26 Å². The second-order valence-corrected chi connectivity index (χ2v) is 9.18. The number of fused-ring (bicyclic) bond motifs is 4. The predicted octanol–water partition coefficient (Wildman–Crippen LogP) is 5.69. The third-order valence-electron chi connectivity index (χ3n) is 7.81. The summed E-state index contributed by atoms with van der Waals surface area (Å²) in [4.78, 5) is 11.3. The lowest BCUT2D eigenvalue weighted by Crippen LogP contribution is -2.40. The normalized spacial score (nSPS) is 34.9. The van der Waals surface area contributed by atoms with Crippen molar-refractivity contribution in [3.05, 3.63) is 58.4 Å². The van der Waals surface area contributed by atoms with Gasteiger partial charge in [0, 0.05) is 12.3 Å². The molecule has 0 radical (unpaired) electrons. The van der Waals surface area contributed by atoms with Gasteiger partial charge in [0.2, 0.25) is 0 Å². The van der Waals surface area contributed by atoms with Crippen molar-refractivity contribution in [2.75, 3.05) is 6.61 Å². The molecule has 0 amide bonds. The zero-order chi connectivity index (χ0) is 18.6. The third-order valence-corrected chi connectivity index (χ3v) is 7.81. The molecule has 2 fully saturated rings. The molecule has 4 atom stereocenters. The minimum absolute atomic E-state index is 0.379. The zero-order valence-electron chi connectivity index (χ0n) is 16.0. The van der Waals surface area contributed by atoms with Gasteiger partial charge < -0.3 is 9.84 Å². The van der Waals surface area contributed by atoms with Crippen LogP contribution < -0.4 is 0 Å². The van der Waals surface area contributed by atoms with Gasteiger partial charge in [0.15, 0.2) is 0 Å². The van der Waals surface area contributed by atoms with Gasteiger partial charge in [-0.25, -0.2) is 4.79 Å². The Kier molecular flexibility index (Phi) is 3.96. The molecule has 142 valence electrons. The molecule has 1 aromatic rings. The maximum Gasteiger partial charge on any atom is 0.335 e. The van der Waals surface area contributed by atoms with Gasteiger partial charge >= 0.3 is 5.97 Å². The lowest BCUT2D eigenvalue weighted by molar-refractivity contribution is 0.0696. The Morgan fingerprint density at radius 2 is 2.00 bits per heavy atom. The predicted molar refractivity (Wildman–Crippen MR) is 105 cm³/mol. The molecule has 0 aromatic heterocycles.